The van der Waals surface area contributed by atoms with E-state index in [-0.39, 0.29) is 0 Å². The van der Waals surface area contributed by atoms with Gasteiger partial charge < -0.3 is 10.1 Å². The predicted octanol–water partition coefficient (Wildman–Crippen LogP) is 4.95. The van der Waals surface area contributed by atoms with Gasteiger partial charge in [-0.1, -0.05) is 36.4 Å². The van der Waals surface area contributed by atoms with E-state index in [4.69, 9.17) is 14.8 Å². The van der Waals surface area contributed by atoms with Crippen molar-refractivity contribution in [1.29, 1.82) is 0 Å². The maximum Gasteiger partial charge on any atom is 0.165 e. The molecule has 28 heavy (non-hydrogen) atoms. The lowest BCUT2D eigenvalue weighted by atomic mass is 10.1. The Morgan fingerprint density at radius 1 is 1.04 bits per heavy atom. The lowest BCUT2D eigenvalue weighted by Crippen LogP contribution is -2.07. The highest BCUT2D eigenvalue weighted by Gasteiger charge is 2.24. The summed E-state index contributed by atoms with van der Waals surface area (Å²) in [5.74, 6) is 1.84. The molecule has 1 aliphatic rings. The smallest absolute Gasteiger partial charge is 0.165 e. The second-order valence-corrected chi connectivity index (χ2v) is 7.16. The van der Waals surface area contributed by atoms with Crippen molar-refractivity contribution in [2.24, 2.45) is 0 Å². The fraction of sp³-hybridized carbons (Fsp3) is 0.217. The van der Waals surface area contributed by atoms with Gasteiger partial charge in [0.05, 0.1) is 12.8 Å². The lowest BCUT2D eigenvalue weighted by Gasteiger charge is -2.14. The van der Waals surface area contributed by atoms with Crippen LogP contribution in [0, 0.1) is 6.92 Å². The summed E-state index contributed by atoms with van der Waals surface area (Å²) in [5, 5.41) is 8.46. The molecule has 2 aromatic carbocycles. The third kappa shape index (κ3) is 2.71. The zero-order valence-corrected chi connectivity index (χ0v) is 16.1. The summed E-state index contributed by atoms with van der Waals surface area (Å²) in [4.78, 5) is 5.02. The number of nitrogens with one attached hydrogen (secondary N) is 1. The number of fused-ring (bicyclic) bond motifs is 2. The molecule has 0 radical (unpaired) electrons. The first kappa shape index (κ1) is 16.8. The highest BCUT2D eigenvalue weighted by atomic mass is 16.5. The van der Waals surface area contributed by atoms with Gasteiger partial charge in [0.25, 0.3) is 0 Å². The average Bonchev–Trinajstić information content (AvgIpc) is 3.32. The van der Waals surface area contributed by atoms with E-state index in [1.54, 1.807) is 7.11 Å². The largest absolute Gasteiger partial charge is 0.497 e. The molecule has 0 saturated heterocycles. The molecular weight excluding hydrogens is 348 g/mol. The van der Waals surface area contributed by atoms with Gasteiger partial charge in [0.2, 0.25) is 0 Å². The van der Waals surface area contributed by atoms with Crippen LogP contribution in [0.1, 0.15) is 23.4 Å². The first-order chi connectivity index (χ1) is 13.7. The van der Waals surface area contributed by atoms with Crippen LogP contribution >= 0.6 is 0 Å². The van der Waals surface area contributed by atoms with Crippen LogP contribution in [0.3, 0.4) is 0 Å². The quantitative estimate of drug-likeness (QED) is 0.552. The van der Waals surface area contributed by atoms with Crippen molar-refractivity contribution >= 4 is 17.2 Å². The average molecular weight is 370 g/mol. The maximum absolute atomic E-state index is 5.38. The number of hydrogen-bond acceptors (Lipinski definition) is 4. The van der Waals surface area contributed by atoms with Crippen molar-refractivity contribution in [2.45, 2.75) is 26.2 Å². The zero-order chi connectivity index (χ0) is 19.1. The second kappa shape index (κ2) is 6.68. The molecule has 0 unspecified atom stereocenters. The van der Waals surface area contributed by atoms with Gasteiger partial charge in [-0.3, -0.25) is 0 Å². The van der Waals surface area contributed by atoms with Gasteiger partial charge in [0.1, 0.15) is 11.6 Å². The van der Waals surface area contributed by atoms with Crippen LogP contribution in [0.4, 0.5) is 11.5 Å². The molecule has 1 aliphatic carbocycles. The molecule has 0 amide bonds. The molecule has 2 aromatic heterocycles. The Labute approximate surface area is 164 Å². The molecule has 5 nitrogen and oxygen atoms in total. The molecule has 0 spiro atoms. The lowest BCUT2D eigenvalue weighted by molar-refractivity contribution is 0.415. The summed E-state index contributed by atoms with van der Waals surface area (Å²) in [6.45, 7) is 2.05. The number of aryl methyl sites for hydroxylation is 2. The molecule has 140 valence electrons. The molecular formula is C23H22N4O. The number of benzene rings is 2. The van der Waals surface area contributed by atoms with Gasteiger partial charge in [-0.05, 0) is 43.9 Å². The fourth-order valence-corrected chi connectivity index (χ4v) is 4.04. The van der Waals surface area contributed by atoms with Crippen LogP contribution < -0.4 is 10.1 Å². The maximum atomic E-state index is 5.38. The molecule has 0 atom stereocenters. The van der Waals surface area contributed by atoms with Gasteiger partial charge in [-0.25, -0.2) is 4.98 Å². The van der Waals surface area contributed by atoms with E-state index >= 15 is 0 Å². The van der Waals surface area contributed by atoms with Gasteiger partial charge in [-0.2, -0.15) is 9.61 Å². The van der Waals surface area contributed by atoms with Gasteiger partial charge in [0.15, 0.2) is 5.65 Å². The number of anilines is 2. The minimum atomic E-state index is 0.827. The van der Waals surface area contributed by atoms with E-state index < -0.39 is 0 Å². The summed E-state index contributed by atoms with van der Waals surface area (Å²) >= 11 is 0. The Hall–Kier alpha value is -3.34. The van der Waals surface area contributed by atoms with Crippen LogP contribution in [0.15, 0.2) is 54.6 Å². The minimum absolute atomic E-state index is 0.827. The van der Waals surface area contributed by atoms with E-state index in [1.165, 1.54) is 11.3 Å². The van der Waals surface area contributed by atoms with Gasteiger partial charge >= 0.3 is 0 Å². The number of aromatic nitrogens is 3. The summed E-state index contributed by atoms with van der Waals surface area (Å²) in [5.41, 5.74) is 7.56. The number of hydrogen-bond donors (Lipinski definition) is 1. The molecule has 4 aromatic rings. The predicted molar refractivity (Wildman–Crippen MR) is 111 cm³/mol. The Balaban J connectivity index is 1.72. The summed E-state index contributed by atoms with van der Waals surface area (Å²) in [6, 6.07) is 18.4. The highest BCUT2D eigenvalue weighted by molar-refractivity contribution is 5.82. The molecule has 0 saturated carbocycles. The standard InChI is InChI=1S/C23H22N4O/c1-15-21(16-8-4-3-5-9-16)23-25-20-13-7-12-19(20)22(27(23)26-15)24-17-10-6-11-18(14-17)28-2/h3-6,8-11,14,24H,7,12-13H2,1-2H3. The fourth-order valence-electron chi connectivity index (χ4n) is 4.04. The number of rotatable bonds is 4. The van der Waals surface area contributed by atoms with Crippen molar-refractivity contribution in [3.05, 3.63) is 71.5 Å². The van der Waals surface area contributed by atoms with E-state index in [0.29, 0.717) is 0 Å². The number of nitrogens with zero attached hydrogens (tertiary/aromatic N) is 3. The highest BCUT2D eigenvalue weighted by Crippen LogP contribution is 2.35. The van der Waals surface area contributed by atoms with Crippen molar-refractivity contribution in [1.82, 2.24) is 14.6 Å². The van der Waals surface area contributed by atoms with E-state index in [9.17, 15) is 0 Å². The van der Waals surface area contributed by atoms with Crippen LogP contribution in [0.2, 0.25) is 0 Å². The third-order valence-corrected chi connectivity index (χ3v) is 5.36. The van der Waals surface area contributed by atoms with Gasteiger partial charge in [-0.15, -0.1) is 0 Å². The Kier molecular flexibility index (Phi) is 4.01. The van der Waals surface area contributed by atoms with Crippen LogP contribution in [-0.2, 0) is 12.8 Å². The molecule has 0 aliphatic heterocycles. The number of ether oxygens (including phenoxy) is 1. The van der Waals surface area contributed by atoms with Crippen molar-refractivity contribution in [3.63, 3.8) is 0 Å². The Morgan fingerprint density at radius 2 is 1.89 bits per heavy atom. The molecule has 0 fully saturated rings. The Bertz CT molecular complexity index is 1160. The van der Waals surface area contributed by atoms with Crippen LogP contribution in [-0.4, -0.2) is 21.7 Å². The van der Waals surface area contributed by atoms with E-state index in [0.717, 1.165) is 59.0 Å². The van der Waals surface area contributed by atoms with Crippen LogP contribution in [0.5, 0.6) is 5.75 Å². The summed E-state index contributed by atoms with van der Waals surface area (Å²) < 4.78 is 7.35. The SMILES string of the molecule is COc1cccc(Nc2c3c(nc4c(-c5ccccc5)c(C)nn24)CCC3)c1. The molecule has 2 heterocycles. The van der Waals surface area contributed by atoms with Crippen molar-refractivity contribution < 1.29 is 4.74 Å². The van der Waals surface area contributed by atoms with Crippen LogP contribution in [0.25, 0.3) is 16.8 Å². The van der Waals surface area contributed by atoms with Crippen molar-refractivity contribution in [2.75, 3.05) is 12.4 Å². The van der Waals surface area contributed by atoms with Gasteiger partial charge in [0, 0.05) is 28.6 Å². The zero-order valence-electron chi connectivity index (χ0n) is 16.1. The third-order valence-electron chi connectivity index (χ3n) is 5.36. The Morgan fingerprint density at radius 3 is 2.71 bits per heavy atom. The monoisotopic (exact) mass is 370 g/mol. The summed E-state index contributed by atoms with van der Waals surface area (Å²) in [7, 11) is 1.68. The molecule has 1 N–H and O–H groups in total. The minimum Gasteiger partial charge on any atom is -0.497 e. The van der Waals surface area contributed by atoms with E-state index in [1.807, 2.05) is 34.8 Å². The second-order valence-electron chi connectivity index (χ2n) is 7.16. The number of methoxy groups -OCH3 is 1. The van der Waals surface area contributed by atoms with E-state index in [2.05, 4.69) is 36.5 Å². The molecule has 0 bridgehead atoms. The summed E-state index contributed by atoms with van der Waals surface area (Å²) in [6.07, 6.45) is 3.16. The van der Waals surface area contributed by atoms with Crippen molar-refractivity contribution in [3.8, 4) is 16.9 Å². The molecule has 5 heteroatoms. The normalized spacial score (nSPS) is 12.9. The first-order valence-corrected chi connectivity index (χ1v) is 9.62. The first-order valence-electron chi connectivity index (χ1n) is 9.62. The molecule has 5 rings (SSSR count). The topological polar surface area (TPSA) is 51.5 Å².